The number of nitrogens with two attached hydrogens (primary N) is 1. The lowest BCUT2D eigenvalue weighted by atomic mass is 9.76. The molecule has 1 nitrogen and oxygen atoms in total. The van der Waals surface area contributed by atoms with Crippen LogP contribution in [0.4, 0.5) is 0 Å². The summed E-state index contributed by atoms with van der Waals surface area (Å²) in [5.74, 6) is 1.28. The molecule has 14 heavy (non-hydrogen) atoms. The van der Waals surface area contributed by atoms with Crippen LogP contribution in [0.2, 0.25) is 0 Å². The fourth-order valence-electron chi connectivity index (χ4n) is 2.38. The molecule has 76 valence electrons. The van der Waals surface area contributed by atoms with Gasteiger partial charge in [-0.15, -0.1) is 0 Å². The van der Waals surface area contributed by atoms with Crippen LogP contribution in [0.5, 0.6) is 0 Å². The van der Waals surface area contributed by atoms with Gasteiger partial charge < -0.3 is 5.73 Å². The summed E-state index contributed by atoms with van der Waals surface area (Å²) in [7, 11) is 0. The molecular formula is C12H16BrN. The van der Waals surface area contributed by atoms with Gasteiger partial charge in [0.1, 0.15) is 0 Å². The molecule has 2 unspecified atom stereocenters. The molecule has 1 aromatic carbocycles. The molecule has 0 saturated carbocycles. The third-order valence-electron chi connectivity index (χ3n) is 3.39. The van der Waals surface area contributed by atoms with E-state index in [4.69, 9.17) is 5.73 Å². The second-order valence-electron chi connectivity index (χ2n) is 4.17. The molecular weight excluding hydrogens is 238 g/mol. The second kappa shape index (κ2) is 4.03. The smallest absolute Gasteiger partial charge is 0.0178 e. The summed E-state index contributed by atoms with van der Waals surface area (Å²) < 4.78 is 1.18. The van der Waals surface area contributed by atoms with E-state index in [1.807, 2.05) is 0 Å². The lowest BCUT2D eigenvalue weighted by molar-refractivity contribution is 0.400. The first-order valence-electron chi connectivity index (χ1n) is 5.20. The zero-order chi connectivity index (χ0) is 10.1. The number of fused-ring (bicyclic) bond motifs is 1. The molecule has 2 rings (SSSR count). The highest BCUT2D eigenvalue weighted by Gasteiger charge is 2.24. The van der Waals surface area contributed by atoms with Crippen molar-refractivity contribution in [3.8, 4) is 0 Å². The summed E-state index contributed by atoms with van der Waals surface area (Å²) in [6.07, 6.45) is 2.43. The third-order valence-corrected chi connectivity index (χ3v) is 3.89. The Kier molecular flexibility index (Phi) is 2.93. The van der Waals surface area contributed by atoms with Crippen molar-refractivity contribution in [2.75, 3.05) is 6.54 Å². The third kappa shape index (κ3) is 1.73. The van der Waals surface area contributed by atoms with Crippen molar-refractivity contribution >= 4 is 15.9 Å². The van der Waals surface area contributed by atoms with Crippen LogP contribution in [0, 0.1) is 5.92 Å². The lowest BCUT2D eigenvalue weighted by Gasteiger charge is -2.30. The average molecular weight is 254 g/mol. The standard InChI is InChI=1S/C12H16BrN/c1-8-10(7-14)3-2-9-4-5-11(13)6-12(8)9/h4-6,8,10H,2-3,7,14H2,1H3. The lowest BCUT2D eigenvalue weighted by Crippen LogP contribution is -2.25. The maximum absolute atomic E-state index is 5.78. The van der Waals surface area contributed by atoms with Gasteiger partial charge in [-0.25, -0.2) is 0 Å². The van der Waals surface area contributed by atoms with Gasteiger partial charge in [0.2, 0.25) is 0 Å². The predicted octanol–water partition coefficient (Wildman–Crippen LogP) is 3.07. The van der Waals surface area contributed by atoms with Gasteiger partial charge in [0.05, 0.1) is 0 Å². The van der Waals surface area contributed by atoms with Crippen molar-refractivity contribution in [1.29, 1.82) is 0 Å². The summed E-state index contributed by atoms with van der Waals surface area (Å²) in [6, 6.07) is 6.62. The number of benzene rings is 1. The van der Waals surface area contributed by atoms with Crippen LogP contribution in [0.25, 0.3) is 0 Å². The van der Waals surface area contributed by atoms with Crippen molar-refractivity contribution in [3.63, 3.8) is 0 Å². The normalized spacial score (nSPS) is 25.9. The Morgan fingerprint density at radius 3 is 3.00 bits per heavy atom. The molecule has 2 heteroatoms. The summed E-state index contributed by atoms with van der Waals surface area (Å²) in [5.41, 5.74) is 8.77. The number of rotatable bonds is 1. The molecule has 1 aromatic rings. The molecule has 0 fully saturated rings. The Balaban J connectivity index is 2.38. The van der Waals surface area contributed by atoms with Crippen LogP contribution < -0.4 is 5.73 Å². The summed E-state index contributed by atoms with van der Waals surface area (Å²) >= 11 is 3.53. The molecule has 0 bridgehead atoms. The van der Waals surface area contributed by atoms with E-state index in [1.54, 1.807) is 0 Å². The number of halogens is 1. The minimum atomic E-state index is 0.612. The van der Waals surface area contributed by atoms with Gasteiger partial charge in [0.25, 0.3) is 0 Å². The Bertz CT molecular complexity index is 335. The van der Waals surface area contributed by atoms with Crippen LogP contribution in [-0.4, -0.2) is 6.54 Å². The minimum absolute atomic E-state index is 0.612. The molecule has 2 N–H and O–H groups in total. The fourth-order valence-corrected chi connectivity index (χ4v) is 2.76. The van der Waals surface area contributed by atoms with Crippen LogP contribution in [0.15, 0.2) is 22.7 Å². The number of aryl methyl sites for hydroxylation is 1. The highest BCUT2D eigenvalue weighted by atomic mass is 79.9. The van der Waals surface area contributed by atoms with E-state index in [-0.39, 0.29) is 0 Å². The maximum atomic E-state index is 5.78. The molecule has 2 atom stereocenters. The average Bonchev–Trinajstić information content (AvgIpc) is 2.20. The quantitative estimate of drug-likeness (QED) is 0.818. The van der Waals surface area contributed by atoms with Crippen molar-refractivity contribution < 1.29 is 0 Å². The van der Waals surface area contributed by atoms with Crippen molar-refractivity contribution in [2.24, 2.45) is 11.7 Å². The van der Waals surface area contributed by atoms with Gasteiger partial charge in [-0.1, -0.05) is 28.9 Å². The molecule has 0 aromatic heterocycles. The largest absolute Gasteiger partial charge is 0.330 e. The monoisotopic (exact) mass is 253 g/mol. The first-order chi connectivity index (χ1) is 6.72. The van der Waals surface area contributed by atoms with Crippen LogP contribution in [0.1, 0.15) is 30.4 Å². The Morgan fingerprint density at radius 1 is 1.50 bits per heavy atom. The molecule has 0 heterocycles. The summed E-state index contributed by atoms with van der Waals surface area (Å²) in [5, 5.41) is 0. The van der Waals surface area contributed by atoms with Crippen LogP contribution in [0.3, 0.4) is 0 Å². The SMILES string of the molecule is CC1c2cc(Br)ccc2CCC1CN. The molecule has 0 radical (unpaired) electrons. The van der Waals surface area contributed by atoms with Crippen molar-refractivity contribution in [1.82, 2.24) is 0 Å². The van der Waals surface area contributed by atoms with E-state index in [9.17, 15) is 0 Å². The van der Waals surface area contributed by atoms with E-state index in [1.165, 1.54) is 28.4 Å². The first-order valence-corrected chi connectivity index (χ1v) is 6.00. The van der Waals surface area contributed by atoms with Gasteiger partial charge in [-0.3, -0.25) is 0 Å². The van der Waals surface area contributed by atoms with Crippen LogP contribution in [-0.2, 0) is 6.42 Å². The van der Waals surface area contributed by atoms with E-state index in [2.05, 4.69) is 41.1 Å². The van der Waals surface area contributed by atoms with Gasteiger partial charge >= 0.3 is 0 Å². The van der Waals surface area contributed by atoms with Gasteiger partial charge in [-0.05, 0) is 54.5 Å². The zero-order valence-electron chi connectivity index (χ0n) is 8.46. The van der Waals surface area contributed by atoms with E-state index in [0.29, 0.717) is 11.8 Å². The van der Waals surface area contributed by atoms with E-state index >= 15 is 0 Å². The Hall–Kier alpha value is -0.340. The summed E-state index contributed by atoms with van der Waals surface area (Å²) in [6.45, 7) is 3.11. The number of hydrogen-bond acceptors (Lipinski definition) is 1. The van der Waals surface area contributed by atoms with Gasteiger partial charge in [-0.2, -0.15) is 0 Å². The minimum Gasteiger partial charge on any atom is -0.330 e. The van der Waals surface area contributed by atoms with Gasteiger partial charge in [0.15, 0.2) is 0 Å². The predicted molar refractivity (Wildman–Crippen MR) is 63.4 cm³/mol. The first kappa shape index (κ1) is 10.2. The highest BCUT2D eigenvalue weighted by Crippen LogP contribution is 2.36. The molecule has 0 saturated heterocycles. The molecule has 0 aliphatic heterocycles. The summed E-state index contributed by atoms with van der Waals surface area (Å²) in [4.78, 5) is 0. The maximum Gasteiger partial charge on any atom is 0.0178 e. The number of hydrogen-bond donors (Lipinski definition) is 1. The zero-order valence-corrected chi connectivity index (χ0v) is 10.0. The molecule has 0 amide bonds. The Labute approximate surface area is 93.8 Å². The fraction of sp³-hybridized carbons (Fsp3) is 0.500. The van der Waals surface area contributed by atoms with Crippen LogP contribution >= 0.6 is 15.9 Å². The molecule has 1 aliphatic carbocycles. The highest BCUT2D eigenvalue weighted by molar-refractivity contribution is 9.10. The van der Waals surface area contributed by atoms with Crippen molar-refractivity contribution in [3.05, 3.63) is 33.8 Å². The second-order valence-corrected chi connectivity index (χ2v) is 5.08. The van der Waals surface area contributed by atoms with Crippen molar-refractivity contribution in [2.45, 2.75) is 25.7 Å². The molecule has 1 aliphatic rings. The Morgan fingerprint density at radius 2 is 2.29 bits per heavy atom. The molecule has 0 spiro atoms. The topological polar surface area (TPSA) is 26.0 Å². The van der Waals surface area contributed by atoms with E-state index in [0.717, 1.165) is 6.54 Å². The van der Waals surface area contributed by atoms with E-state index < -0.39 is 0 Å². The van der Waals surface area contributed by atoms with Gasteiger partial charge in [0, 0.05) is 4.47 Å².